The van der Waals surface area contributed by atoms with Gasteiger partial charge in [-0.2, -0.15) is 4.98 Å². The molecule has 0 aliphatic carbocycles. The van der Waals surface area contributed by atoms with Crippen LogP contribution < -0.4 is 5.32 Å². The summed E-state index contributed by atoms with van der Waals surface area (Å²) in [5.41, 5.74) is 0.744. The molecule has 0 fully saturated rings. The Labute approximate surface area is 111 Å². The minimum absolute atomic E-state index is 0.148. The van der Waals surface area contributed by atoms with Gasteiger partial charge < -0.3 is 10.4 Å². The average molecular weight is 269 g/mol. The lowest BCUT2D eigenvalue weighted by Crippen LogP contribution is -2.27. The highest BCUT2D eigenvalue weighted by Gasteiger charge is 2.15. The summed E-state index contributed by atoms with van der Waals surface area (Å²) < 4.78 is 1.64. The van der Waals surface area contributed by atoms with E-state index < -0.39 is 0 Å². The van der Waals surface area contributed by atoms with Crippen molar-refractivity contribution >= 4 is 23.2 Å². The molecular formula is C12H17ClN4O. The first-order chi connectivity index (χ1) is 8.60. The number of halogens is 1. The number of aromatic nitrogens is 3. The van der Waals surface area contributed by atoms with Crippen LogP contribution >= 0.6 is 11.6 Å². The minimum Gasteiger partial charge on any atom is -0.396 e. The normalized spacial score (nSPS) is 13.2. The van der Waals surface area contributed by atoms with E-state index >= 15 is 0 Å². The summed E-state index contributed by atoms with van der Waals surface area (Å²) in [6.45, 7) is 4.34. The number of rotatable bonds is 5. The van der Waals surface area contributed by atoms with Gasteiger partial charge in [0.15, 0.2) is 5.65 Å². The lowest BCUT2D eigenvalue weighted by atomic mass is 10.0. The van der Waals surface area contributed by atoms with E-state index in [2.05, 4.69) is 29.2 Å². The van der Waals surface area contributed by atoms with Gasteiger partial charge >= 0.3 is 0 Å². The Morgan fingerprint density at radius 1 is 1.44 bits per heavy atom. The maximum Gasteiger partial charge on any atom is 0.243 e. The van der Waals surface area contributed by atoms with Gasteiger partial charge in [0.2, 0.25) is 5.95 Å². The van der Waals surface area contributed by atoms with E-state index in [1.165, 1.54) is 0 Å². The first-order valence-electron chi connectivity index (χ1n) is 5.99. The number of nitrogens with one attached hydrogen (secondary N) is 1. The molecular weight excluding hydrogens is 252 g/mol. The van der Waals surface area contributed by atoms with E-state index in [1.807, 2.05) is 6.07 Å². The molecule has 0 saturated heterocycles. The molecule has 1 unspecified atom stereocenters. The second-order valence-corrected chi connectivity index (χ2v) is 5.03. The van der Waals surface area contributed by atoms with Crippen LogP contribution in [0.25, 0.3) is 5.65 Å². The SMILES string of the molecule is CC(C)C(CCO)Nc1nc2ccc(Cl)cn2n1. The standard InChI is InChI=1S/C12H17ClN4O/c1-8(2)10(5-6-18)14-12-15-11-4-3-9(13)7-17(11)16-12/h3-4,7-8,10,18H,5-6H2,1-2H3,(H,14,16). The summed E-state index contributed by atoms with van der Waals surface area (Å²) in [5, 5.41) is 17.2. The van der Waals surface area contributed by atoms with Crippen LogP contribution in [0.2, 0.25) is 5.02 Å². The predicted molar refractivity (Wildman–Crippen MR) is 71.9 cm³/mol. The van der Waals surface area contributed by atoms with Crippen LogP contribution in [0.15, 0.2) is 18.3 Å². The molecule has 0 radical (unpaired) electrons. The molecule has 6 heteroatoms. The average Bonchev–Trinajstić information content (AvgIpc) is 2.69. The summed E-state index contributed by atoms with van der Waals surface area (Å²) >= 11 is 5.89. The Morgan fingerprint density at radius 3 is 2.89 bits per heavy atom. The largest absolute Gasteiger partial charge is 0.396 e. The summed E-state index contributed by atoms with van der Waals surface area (Å²) in [7, 11) is 0. The van der Waals surface area contributed by atoms with Crippen molar-refractivity contribution < 1.29 is 5.11 Å². The highest BCUT2D eigenvalue weighted by molar-refractivity contribution is 6.30. The Morgan fingerprint density at radius 2 is 2.22 bits per heavy atom. The third-order valence-corrected chi connectivity index (χ3v) is 3.08. The fourth-order valence-electron chi connectivity index (χ4n) is 1.80. The highest BCUT2D eigenvalue weighted by atomic mass is 35.5. The number of aliphatic hydroxyl groups is 1. The molecule has 0 bridgehead atoms. The summed E-state index contributed by atoms with van der Waals surface area (Å²) in [6.07, 6.45) is 2.39. The van der Waals surface area contributed by atoms with E-state index in [-0.39, 0.29) is 12.6 Å². The van der Waals surface area contributed by atoms with Gasteiger partial charge in [0.25, 0.3) is 0 Å². The number of hydrogen-bond acceptors (Lipinski definition) is 4. The van der Waals surface area contributed by atoms with Crippen LogP contribution in [0.5, 0.6) is 0 Å². The number of pyridine rings is 1. The molecule has 98 valence electrons. The predicted octanol–water partition coefficient (Wildman–Crippen LogP) is 2.20. The number of anilines is 1. The fraction of sp³-hybridized carbons (Fsp3) is 0.500. The maximum absolute atomic E-state index is 9.04. The van der Waals surface area contributed by atoms with E-state index in [0.29, 0.717) is 23.3 Å². The van der Waals surface area contributed by atoms with Gasteiger partial charge in [0, 0.05) is 18.8 Å². The molecule has 18 heavy (non-hydrogen) atoms. The van der Waals surface area contributed by atoms with E-state index in [0.717, 1.165) is 5.65 Å². The Balaban J connectivity index is 2.20. The van der Waals surface area contributed by atoms with Crippen LogP contribution in [0.4, 0.5) is 5.95 Å². The van der Waals surface area contributed by atoms with Crippen molar-refractivity contribution in [2.75, 3.05) is 11.9 Å². The quantitative estimate of drug-likeness (QED) is 0.873. The molecule has 0 aliphatic heterocycles. The van der Waals surface area contributed by atoms with Crippen molar-refractivity contribution in [1.29, 1.82) is 0 Å². The van der Waals surface area contributed by atoms with Gasteiger partial charge in [-0.15, -0.1) is 5.10 Å². The number of hydrogen-bond donors (Lipinski definition) is 2. The van der Waals surface area contributed by atoms with Gasteiger partial charge in [-0.3, -0.25) is 0 Å². The Kier molecular flexibility index (Phi) is 4.04. The Bertz CT molecular complexity index is 526. The topological polar surface area (TPSA) is 62.5 Å². The van der Waals surface area contributed by atoms with Gasteiger partial charge in [-0.1, -0.05) is 25.4 Å². The molecule has 2 heterocycles. The molecule has 0 saturated carbocycles. The first kappa shape index (κ1) is 13.1. The first-order valence-corrected chi connectivity index (χ1v) is 6.37. The molecule has 0 spiro atoms. The molecule has 2 aromatic heterocycles. The maximum atomic E-state index is 9.04. The van der Waals surface area contributed by atoms with Gasteiger partial charge in [0.1, 0.15) is 0 Å². The molecule has 2 rings (SSSR count). The lowest BCUT2D eigenvalue weighted by molar-refractivity contribution is 0.267. The van der Waals surface area contributed by atoms with E-state index in [9.17, 15) is 0 Å². The monoisotopic (exact) mass is 268 g/mol. The minimum atomic E-state index is 0.148. The second-order valence-electron chi connectivity index (χ2n) is 4.59. The van der Waals surface area contributed by atoms with Crippen LogP contribution in [-0.2, 0) is 0 Å². The zero-order chi connectivity index (χ0) is 13.1. The van der Waals surface area contributed by atoms with Gasteiger partial charge in [0.05, 0.1) is 5.02 Å². The van der Waals surface area contributed by atoms with Gasteiger partial charge in [-0.05, 0) is 24.5 Å². The third-order valence-electron chi connectivity index (χ3n) is 2.85. The number of nitrogens with zero attached hydrogens (tertiary/aromatic N) is 3. The molecule has 2 N–H and O–H groups in total. The van der Waals surface area contributed by atoms with Crippen molar-refractivity contribution in [3.05, 3.63) is 23.4 Å². The second kappa shape index (κ2) is 5.54. The van der Waals surface area contributed by atoms with Crippen molar-refractivity contribution in [2.24, 2.45) is 5.92 Å². The summed E-state index contributed by atoms with van der Waals surface area (Å²) in [4.78, 5) is 4.36. The van der Waals surface area contributed by atoms with E-state index in [4.69, 9.17) is 16.7 Å². The van der Waals surface area contributed by atoms with Crippen molar-refractivity contribution in [3.8, 4) is 0 Å². The zero-order valence-electron chi connectivity index (χ0n) is 10.5. The summed E-state index contributed by atoms with van der Waals surface area (Å²) in [5.74, 6) is 0.955. The van der Waals surface area contributed by atoms with Crippen LogP contribution in [-0.4, -0.2) is 32.4 Å². The summed E-state index contributed by atoms with van der Waals surface area (Å²) in [6, 6.07) is 3.75. The zero-order valence-corrected chi connectivity index (χ0v) is 11.2. The van der Waals surface area contributed by atoms with Crippen LogP contribution in [0, 0.1) is 5.92 Å². The fourth-order valence-corrected chi connectivity index (χ4v) is 1.95. The molecule has 0 aromatic carbocycles. The Hall–Kier alpha value is -1.33. The van der Waals surface area contributed by atoms with Gasteiger partial charge in [-0.25, -0.2) is 4.52 Å². The molecule has 1 atom stereocenters. The highest BCUT2D eigenvalue weighted by Crippen LogP contribution is 2.15. The smallest absolute Gasteiger partial charge is 0.243 e. The molecule has 2 aromatic rings. The number of fused-ring (bicyclic) bond motifs is 1. The van der Waals surface area contributed by atoms with E-state index in [1.54, 1.807) is 16.8 Å². The lowest BCUT2D eigenvalue weighted by Gasteiger charge is -2.20. The third kappa shape index (κ3) is 2.91. The molecule has 0 aliphatic rings. The van der Waals surface area contributed by atoms with Crippen LogP contribution in [0.1, 0.15) is 20.3 Å². The molecule has 0 amide bonds. The molecule has 5 nitrogen and oxygen atoms in total. The van der Waals surface area contributed by atoms with Crippen LogP contribution in [0.3, 0.4) is 0 Å². The number of aliphatic hydroxyl groups excluding tert-OH is 1. The van der Waals surface area contributed by atoms with Crippen molar-refractivity contribution in [2.45, 2.75) is 26.3 Å². The van der Waals surface area contributed by atoms with Crippen molar-refractivity contribution in [1.82, 2.24) is 14.6 Å². The van der Waals surface area contributed by atoms with Crippen molar-refractivity contribution in [3.63, 3.8) is 0 Å².